The fraction of sp³-hybridized carbons (Fsp3) is 0.286. The van der Waals surface area contributed by atoms with Gasteiger partial charge < -0.3 is 5.73 Å². The summed E-state index contributed by atoms with van der Waals surface area (Å²) in [5, 5.41) is 0. The van der Waals surface area contributed by atoms with Crippen molar-refractivity contribution in [3.05, 3.63) is 30.1 Å². The summed E-state index contributed by atoms with van der Waals surface area (Å²) in [6, 6.07) is 3.85. The van der Waals surface area contributed by atoms with Crippen molar-refractivity contribution in [2.24, 2.45) is 5.73 Å². The highest BCUT2D eigenvalue weighted by atomic mass is 16.6. The number of hydrogen-bond acceptors (Lipinski definition) is 2. The van der Waals surface area contributed by atoms with Gasteiger partial charge in [-0.05, 0) is 6.07 Å². The third kappa shape index (κ3) is 1.45. The molecular weight excluding hydrogens is 128 g/mol. The second-order valence-corrected chi connectivity index (χ2v) is 1.96. The van der Waals surface area contributed by atoms with E-state index in [1.165, 1.54) is 0 Å². The van der Waals surface area contributed by atoms with Crippen LogP contribution in [0.4, 0.5) is 0 Å². The van der Waals surface area contributed by atoms with E-state index in [0.717, 1.165) is 5.56 Å². The second kappa shape index (κ2) is 3.17. The van der Waals surface area contributed by atoms with Gasteiger partial charge in [0.05, 0.1) is 0 Å². The molecule has 2 N–H and O–H groups in total. The maximum absolute atomic E-state index is 5.40. The smallest absolute Gasteiger partial charge is 0.226 e. The molecule has 0 unspecified atom stereocenters. The molecule has 0 fully saturated rings. The summed E-state index contributed by atoms with van der Waals surface area (Å²) in [7, 11) is 1.61. The Kier molecular flexibility index (Phi) is 2.23. The van der Waals surface area contributed by atoms with Gasteiger partial charge in [-0.2, -0.15) is 0 Å². The molecule has 0 aliphatic rings. The lowest BCUT2D eigenvalue weighted by molar-refractivity contribution is -0.885. The van der Waals surface area contributed by atoms with E-state index in [1.807, 2.05) is 24.5 Å². The van der Waals surface area contributed by atoms with Crippen molar-refractivity contribution in [2.45, 2.75) is 6.54 Å². The predicted molar refractivity (Wildman–Crippen MR) is 37.0 cm³/mol. The molecule has 1 aromatic heterocycles. The molecule has 1 heterocycles. The van der Waals surface area contributed by atoms with Gasteiger partial charge in [0.2, 0.25) is 12.4 Å². The molecule has 0 saturated carbocycles. The normalized spacial score (nSPS) is 9.40. The summed E-state index contributed by atoms with van der Waals surface area (Å²) >= 11 is 0. The molecule has 0 atom stereocenters. The van der Waals surface area contributed by atoms with Crippen molar-refractivity contribution >= 4 is 0 Å². The Labute approximate surface area is 60.0 Å². The fourth-order valence-corrected chi connectivity index (χ4v) is 0.735. The van der Waals surface area contributed by atoms with Crippen molar-refractivity contribution in [3.8, 4) is 0 Å². The van der Waals surface area contributed by atoms with Gasteiger partial charge in [-0.25, -0.2) is 0 Å². The van der Waals surface area contributed by atoms with Crippen LogP contribution in [0.25, 0.3) is 0 Å². The number of hydrogen-bond donors (Lipinski definition) is 1. The standard InChI is InChI=1S/C7H11N2O/c1-10-9-4-2-3-7(5-8)6-9/h2-4,6H,5,8H2,1H3/q+1. The maximum atomic E-state index is 5.40. The van der Waals surface area contributed by atoms with E-state index in [4.69, 9.17) is 10.6 Å². The second-order valence-electron chi connectivity index (χ2n) is 1.96. The van der Waals surface area contributed by atoms with Crippen LogP contribution in [0, 0.1) is 0 Å². The van der Waals surface area contributed by atoms with Crippen LogP contribution in [-0.2, 0) is 6.54 Å². The lowest BCUT2D eigenvalue weighted by Gasteiger charge is -1.92. The van der Waals surface area contributed by atoms with Crippen LogP contribution < -0.4 is 15.3 Å². The molecule has 0 radical (unpaired) electrons. The Bertz CT molecular complexity index is 193. The molecule has 1 rings (SSSR count). The molecule has 0 spiro atoms. The molecule has 3 heteroatoms. The fourth-order valence-electron chi connectivity index (χ4n) is 0.735. The van der Waals surface area contributed by atoms with Crippen LogP contribution >= 0.6 is 0 Å². The number of nitrogens with zero attached hydrogens (tertiary/aromatic N) is 1. The van der Waals surface area contributed by atoms with E-state index in [0.29, 0.717) is 6.54 Å². The first-order valence-corrected chi connectivity index (χ1v) is 3.11. The largest absolute Gasteiger partial charge is 0.326 e. The molecule has 0 amide bonds. The zero-order valence-electron chi connectivity index (χ0n) is 5.95. The Hall–Kier alpha value is -1.09. The number of pyridine rings is 1. The molecule has 3 nitrogen and oxygen atoms in total. The van der Waals surface area contributed by atoms with Gasteiger partial charge in [0.25, 0.3) is 0 Å². The summed E-state index contributed by atoms with van der Waals surface area (Å²) in [4.78, 5) is 4.92. The molecular formula is C7H11N2O+. The van der Waals surface area contributed by atoms with E-state index in [2.05, 4.69) is 0 Å². The molecule has 1 aromatic rings. The van der Waals surface area contributed by atoms with Gasteiger partial charge in [-0.1, -0.05) is 0 Å². The highest BCUT2D eigenvalue weighted by molar-refractivity contribution is 5.03. The van der Waals surface area contributed by atoms with Gasteiger partial charge in [0, 0.05) is 22.9 Å². The van der Waals surface area contributed by atoms with Gasteiger partial charge in [-0.15, -0.1) is 0 Å². The number of rotatable bonds is 2. The lowest BCUT2D eigenvalue weighted by atomic mass is 10.3. The molecule has 0 saturated heterocycles. The van der Waals surface area contributed by atoms with Crippen molar-refractivity contribution in [1.29, 1.82) is 0 Å². The maximum Gasteiger partial charge on any atom is 0.226 e. The Morgan fingerprint density at radius 2 is 2.50 bits per heavy atom. The van der Waals surface area contributed by atoms with Gasteiger partial charge >= 0.3 is 0 Å². The predicted octanol–water partition coefficient (Wildman–Crippen LogP) is -0.509. The van der Waals surface area contributed by atoms with Crippen LogP contribution in [0.2, 0.25) is 0 Å². The van der Waals surface area contributed by atoms with Crippen molar-refractivity contribution in [2.75, 3.05) is 7.11 Å². The van der Waals surface area contributed by atoms with Gasteiger partial charge in [-0.3, -0.25) is 4.84 Å². The van der Waals surface area contributed by atoms with Gasteiger partial charge in [0.1, 0.15) is 7.11 Å². The summed E-state index contributed by atoms with van der Waals surface area (Å²) in [5.41, 5.74) is 6.46. The quantitative estimate of drug-likeness (QED) is 0.560. The summed E-state index contributed by atoms with van der Waals surface area (Å²) < 4.78 is 1.61. The first-order valence-electron chi connectivity index (χ1n) is 3.11. The van der Waals surface area contributed by atoms with Crippen LogP contribution in [0.15, 0.2) is 24.5 Å². The Morgan fingerprint density at radius 1 is 1.70 bits per heavy atom. The zero-order chi connectivity index (χ0) is 7.40. The van der Waals surface area contributed by atoms with E-state index < -0.39 is 0 Å². The van der Waals surface area contributed by atoms with Crippen LogP contribution in [-0.4, -0.2) is 7.11 Å². The summed E-state index contributed by atoms with van der Waals surface area (Å²) in [6.45, 7) is 0.546. The average Bonchev–Trinajstić information content (AvgIpc) is 2.05. The third-order valence-electron chi connectivity index (χ3n) is 1.28. The zero-order valence-corrected chi connectivity index (χ0v) is 5.95. The van der Waals surface area contributed by atoms with Crippen molar-refractivity contribution < 1.29 is 9.57 Å². The van der Waals surface area contributed by atoms with Crippen molar-refractivity contribution in [3.63, 3.8) is 0 Å². The van der Waals surface area contributed by atoms with Crippen molar-refractivity contribution in [1.82, 2.24) is 0 Å². The average molecular weight is 139 g/mol. The van der Waals surface area contributed by atoms with E-state index in [9.17, 15) is 0 Å². The highest BCUT2D eigenvalue weighted by Gasteiger charge is 1.98. The Morgan fingerprint density at radius 3 is 3.10 bits per heavy atom. The lowest BCUT2D eigenvalue weighted by Crippen LogP contribution is -2.40. The number of nitrogens with two attached hydrogens (primary N) is 1. The molecule has 0 aliphatic carbocycles. The van der Waals surface area contributed by atoms with Gasteiger partial charge in [0.15, 0.2) is 0 Å². The minimum atomic E-state index is 0.546. The highest BCUT2D eigenvalue weighted by Crippen LogP contribution is 1.89. The van der Waals surface area contributed by atoms with E-state index in [-0.39, 0.29) is 0 Å². The third-order valence-corrected chi connectivity index (χ3v) is 1.28. The topological polar surface area (TPSA) is 39.1 Å². The molecule has 0 bridgehead atoms. The molecule has 0 aromatic carbocycles. The first kappa shape index (κ1) is 7.02. The van der Waals surface area contributed by atoms with Crippen LogP contribution in [0.5, 0.6) is 0 Å². The van der Waals surface area contributed by atoms with Crippen LogP contribution in [0.3, 0.4) is 0 Å². The number of aromatic nitrogens is 1. The van der Waals surface area contributed by atoms with E-state index >= 15 is 0 Å². The molecule has 0 aliphatic heterocycles. The molecule has 10 heavy (non-hydrogen) atoms. The molecule has 54 valence electrons. The van der Waals surface area contributed by atoms with E-state index in [1.54, 1.807) is 11.8 Å². The SMILES string of the molecule is CO[n+]1cccc(CN)c1. The minimum Gasteiger partial charge on any atom is -0.326 e. The summed E-state index contributed by atoms with van der Waals surface area (Å²) in [6.07, 6.45) is 3.67. The van der Waals surface area contributed by atoms with Crippen LogP contribution in [0.1, 0.15) is 5.56 Å². The monoisotopic (exact) mass is 139 g/mol. The first-order chi connectivity index (χ1) is 4.86. The Balaban J connectivity index is 2.87. The minimum absolute atomic E-state index is 0.546. The summed E-state index contributed by atoms with van der Waals surface area (Å²) in [5.74, 6) is 0.